The van der Waals surface area contributed by atoms with Crippen LogP contribution >= 0.6 is 11.3 Å². The first-order chi connectivity index (χ1) is 7.48. The molecule has 0 radical (unpaired) electrons. The molecule has 2 rings (SSSR count). The van der Waals surface area contributed by atoms with E-state index in [9.17, 15) is 0 Å². The van der Waals surface area contributed by atoms with Gasteiger partial charge in [-0.05, 0) is 20.8 Å². The van der Waals surface area contributed by atoms with Crippen LogP contribution in [0.4, 0.5) is 5.13 Å². The Kier molecular flexibility index (Phi) is 3.19. The molecule has 4 nitrogen and oxygen atoms in total. The van der Waals surface area contributed by atoms with Crippen molar-refractivity contribution in [3.05, 3.63) is 10.6 Å². The maximum atomic E-state index is 6.13. The number of aromatic nitrogens is 1. The van der Waals surface area contributed by atoms with Crippen LogP contribution in [0.25, 0.3) is 0 Å². The third-order valence-corrected chi connectivity index (χ3v) is 4.21. The minimum absolute atomic E-state index is 0.299. The summed E-state index contributed by atoms with van der Waals surface area (Å²) < 4.78 is 5.34. The van der Waals surface area contributed by atoms with Crippen LogP contribution < -0.4 is 10.6 Å². The Hall–Kier alpha value is -0.650. The molecule has 0 aliphatic carbocycles. The average Bonchev–Trinajstić information content (AvgIpc) is 2.61. The van der Waals surface area contributed by atoms with Crippen LogP contribution in [0.3, 0.4) is 0 Å². The molecular formula is C11H19N3OS. The molecule has 0 bridgehead atoms. The molecule has 2 heterocycles. The molecule has 1 saturated heterocycles. The van der Waals surface area contributed by atoms with Crippen molar-refractivity contribution in [2.45, 2.75) is 26.3 Å². The normalized spacial score (nSPS) is 17.9. The lowest BCUT2D eigenvalue weighted by Crippen LogP contribution is -2.36. The maximum Gasteiger partial charge on any atom is 0.185 e. The number of nitrogens with two attached hydrogens (primary N) is 1. The Labute approximate surface area is 100 Å². The van der Waals surface area contributed by atoms with Crippen molar-refractivity contribution >= 4 is 16.5 Å². The summed E-state index contributed by atoms with van der Waals surface area (Å²) in [6.45, 7) is 9.52. The molecule has 0 atom stereocenters. The van der Waals surface area contributed by atoms with E-state index in [0.29, 0.717) is 0 Å². The van der Waals surface area contributed by atoms with Gasteiger partial charge < -0.3 is 15.4 Å². The van der Waals surface area contributed by atoms with E-state index in [4.69, 9.17) is 10.5 Å². The molecule has 0 amide bonds. The number of hydrogen-bond acceptors (Lipinski definition) is 5. The highest BCUT2D eigenvalue weighted by Gasteiger charge is 2.24. The van der Waals surface area contributed by atoms with Crippen LogP contribution in [0.5, 0.6) is 0 Å². The molecular weight excluding hydrogens is 222 g/mol. The van der Waals surface area contributed by atoms with Crippen LogP contribution in [0.15, 0.2) is 0 Å². The second-order valence-corrected chi connectivity index (χ2v) is 5.71. The molecule has 5 heteroatoms. The van der Waals surface area contributed by atoms with E-state index in [2.05, 4.69) is 9.88 Å². The van der Waals surface area contributed by atoms with Gasteiger partial charge in [0.1, 0.15) is 0 Å². The fraction of sp³-hybridized carbons (Fsp3) is 0.727. The summed E-state index contributed by atoms with van der Waals surface area (Å²) in [5.41, 5.74) is 6.88. The van der Waals surface area contributed by atoms with Crippen molar-refractivity contribution in [2.75, 3.05) is 31.2 Å². The number of morpholine rings is 1. The summed E-state index contributed by atoms with van der Waals surface area (Å²) in [5.74, 6) is 0. The lowest BCUT2D eigenvalue weighted by Gasteiger charge is -2.26. The van der Waals surface area contributed by atoms with Crippen LogP contribution in [0.2, 0.25) is 0 Å². The van der Waals surface area contributed by atoms with Gasteiger partial charge in [-0.25, -0.2) is 4.98 Å². The van der Waals surface area contributed by atoms with Crippen molar-refractivity contribution < 1.29 is 4.74 Å². The minimum Gasteiger partial charge on any atom is -0.378 e. The predicted molar refractivity (Wildman–Crippen MR) is 67.1 cm³/mol. The zero-order valence-corrected chi connectivity index (χ0v) is 10.9. The standard InChI is InChI=1S/C11H19N3OS/c1-8-9(11(2,3)12)16-10(13-8)14-4-6-15-7-5-14/h4-7,12H2,1-3H3. The molecule has 1 aromatic rings. The van der Waals surface area contributed by atoms with Gasteiger partial charge >= 0.3 is 0 Å². The Morgan fingerprint density at radius 3 is 2.50 bits per heavy atom. The summed E-state index contributed by atoms with van der Waals surface area (Å²) in [6.07, 6.45) is 0. The summed E-state index contributed by atoms with van der Waals surface area (Å²) >= 11 is 1.71. The molecule has 90 valence electrons. The lowest BCUT2D eigenvalue weighted by atomic mass is 10.0. The number of aryl methyl sites for hydroxylation is 1. The highest BCUT2D eigenvalue weighted by Crippen LogP contribution is 2.32. The van der Waals surface area contributed by atoms with Crippen molar-refractivity contribution in [3.8, 4) is 0 Å². The summed E-state index contributed by atoms with van der Waals surface area (Å²) in [6, 6.07) is 0. The van der Waals surface area contributed by atoms with E-state index in [0.717, 1.165) is 37.1 Å². The van der Waals surface area contributed by atoms with Crippen LogP contribution in [-0.4, -0.2) is 31.3 Å². The van der Waals surface area contributed by atoms with E-state index >= 15 is 0 Å². The Balaban J connectivity index is 2.23. The minimum atomic E-state index is -0.299. The summed E-state index contributed by atoms with van der Waals surface area (Å²) in [4.78, 5) is 8.06. The number of anilines is 1. The quantitative estimate of drug-likeness (QED) is 0.852. The van der Waals surface area contributed by atoms with E-state index in [1.54, 1.807) is 11.3 Å². The molecule has 1 aromatic heterocycles. The molecule has 0 saturated carbocycles. The Morgan fingerprint density at radius 2 is 2.00 bits per heavy atom. The Bertz CT molecular complexity index is 364. The highest BCUT2D eigenvalue weighted by atomic mass is 32.1. The zero-order chi connectivity index (χ0) is 11.8. The monoisotopic (exact) mass is 241 g/mol. The molecule has 1 aliphatic heterocycles. The van der Waals surface area contributed by atoms with Crippen molar-refractivity contribution in [1.82, 2.24) is 4.98 Å². The van der Waals surface area contributed by atoms with E-state index in [1.807, 2.05) is 20.8 Å². The van der Waals surface area contributed by atoms with Crippen LogP contribution in [0.1, 0.15) is 24.4 Å². The molecule has 0 aromatic carbocycles. The maximum absolute atomic E-state index is 6.13. The third-order valence-electron chi connectivity index (χ3n) is 2.65. The first-order valence-corrected chi connectivity index (χ1v) is 6.39. The third kappa shape index (κ3) is 2.36. The topological polar surface area (TPSA) is 51.4 Å². The number of nitrogens with zero attached hydrogens (tertiary/aromatic N) is 2. The van der Waals surface area contributed by atoms with Gasteiger partial charge in [-0.15, -0.1) is 0 Å². The second-order valence-electron chi connectivity index (χ2n) is 4.73. The average molecular weight is 241 g/mol. The lowest BCUT2D eigenvalue weighted by molar-refractivity contribution is 0.122. The molecule has 16 heavy (non-hydrogen) atoms. The van der Waals surface area contributed by atoms with Crippen LogP contribution in [0, 0.1) is 6.92 Å². The van der Waals surface area contributed by atoms with Gasteiger partial charge in [-0.2, -0.15) is 0 Å². The van der Waals surface area contributed by atoms with E-state index in [-0.39, 0.29) is 5.54 Å². The first kappa shape index (κ1) is 11.8. The van der Waals surface area contributed by atoms with Crippen molar-refractivity contribution in [2.24, 2.45) is 5.73 Å². The van der Waals surface area contributed by atoms with Gasteiger partial charge in [0.2, 0.25) is 0 Å². The van der Waals surface area contributed by atoms with Crippen molar-refractivity contribution in [1.29, 1.82) is 0 Å². The largest absolute Gasteiger partial charge is 0.378 e. The van der Waals surface area contributed by atoms with E-state index < -0.39 is 0 Å². The van der Waals surface area contributed by atoms with Gasteiger partial charge in [-0.1, -0.05) is 11.3 Å². The molecule has 1 aliphatic rings. The highest BCUT2D eigenvalue weighted by molar-refractivity contribution is 7.15. The number of hydrogen-bond donors (Lipinski definition) is 1. The molecule has 0 unspecified atom stereocenters. The summed E-state index contributed by atoms with van der Waals surface area (Å²) in [5, 5.41) is 1.08. The number of thiazole rings is 1. The SMILES string of the molecule is Cc1nc(N2CCOCC2)sc1C(C)(C)N. The zero-order valence-electron chi connectivity index (χ0n) is 10.1. The Morgan fingerprint density at radius 1 is 1.38 bits per heavy atom. The first-order valence-electron chi connectivity index (χ1n) is 5.58. The van der Waals surface area contributed by atoms with Crippen LogP contribution in [-0.2, 0) is 10.3 Å². The second kappa shape index (κ2) is 4.31. The summed E-state index contributed by atoms with van der Waals surface area (Å²) in [7, 11) is 0. The van der Waals surface area contributed by atoms with Gasteiger partial charge in [0.05, 0.1) is 18.9 Å². The van der Waals surface area contributed by atoms with Crippen molar-refractivity contribution in [3.63, 3.8) is 0 Å². The predicted octanol–water partition coefficient (Wildman–Crippen LogP) is 1.48. The number of rotatable bonds is 2. The molecule has 0 spiro atoms. The van der Waals surface area contributed by atoms with Gasteiger partial charge in [0.15, 0.2) is 5.13 Å². The van der Waals surface area contributed by atoms with Gasteiger partial charge in [-0.3, -0.25) is 0 Å². The number of ether oxygens (including phenoxy) is 1. The fourth-order valence-corrected chi connectivity index (χ4v) is 3.00. The fourth-order valence-electron chi connectivity index (χ4n) is 1.87. The molecule has 1 fully saturated rings. The van der Waals surface area contributed by atoms with Gasteiger partial charge in [0.25, 0.3) is 0 Å². The molecule has 2 N–H and O–H groups in total. The van der Waals surface area contributed by atoms with E-state index in [1.165, 1.54) is 4.88 Å². The van der Waals surface area contributed by atoms with Gasteiger partial charge in [0, 0.05) is 23.5 Å². The smallest absolute Gasteiger partial charge is 0.185 e.